The lowest BCUT2D eigenvalue weighted by atomic mass is 10.2. The molecule has 0 saturated heterocycles. The van der Waals surface area contributed by atoms with Crippen molar-refractivity contribution in [3.63, 3.8) is 0 Å². The molecule has 0 bridgehead atoms. The average molecular weight is 454 g/mol. The van der Waals surface area contributed by atoms with Crippen molar-refractivity contribution in [2.45, 2.75) is 20.5 Å². The first-order valence-electron chi connectivity index (χ1n) is 9.79. The van der Waals surface area contributed by atoms with Gasteiger partial charge in [-0.3, -0.25) is 9.59 Å². The van der Waals surface area contributed by atoms with Crippen LogP contribution in [-0.4, -0.2) is 22.1 Å². The van der Waals surface area contributed by atoms with E-state index in [4.69, 9.17) is 25.6 Å². The third-order valence-corrected chi connectivity index (χ3v) is 4.75. The monoisotopic (exact) mass is 453 g/mol. The Bertz CT molecular complexity index is 1330. The van der Waals surface area contributed by atoms with Crippen LogP contribution < -0.4 is 20.3 Å². The van der Waals surface area contributed by atoms with Crippen LogP contribution in [0.2, 0.25) is 5.02 Å². The van der Waals surface area contributed by atoms with Crippen LogP contribution in [0.1, 0.15) is 17.0 Å². The molecule has 8 nitrogen and oxygen atoms in total. The van der Waals surface area contributed by atoms with Gasteiger partial charge in [-0.1, -0.05) is 17.7 Å². The second kappa shape index (κ2) is 9.15. The Balaban J connectivity index is 1.44. The molecule has 2 aromatic heterocycles. The van der Waals surface area contributed by atoms with Gasteiger partial charge in [-0.15, -0.1) is 4.57 Å². The standard InChI is InChI=1S/C23H20ClN3O5/c1-14-3-8-19(26-22(28)13-30-18-6-4-16(24)5-7-18)20(9-14)31-12-17-11-23(29)27-21(25-17)10-15(2)32-27/h3-11H,12-13H2,1-2H3,(H,26,28). The number of nitrogens with zero attached hydrogens (tertiary/aromatic N) is 2. The number of hydrogen-bond acceptors (Lipinski definition) is 6. The Labute approximate surface area is 188 Å². The van der Waals surface area contributed by atoms with Crippen LogP contribution in [0.4, 0.5) is 5.69 Å². The summed E-state index contributed by atoms with van der Waals surface area (Å²) in [5.74, 6) is 1.22. The largest absolute Gasteiger partial charge is 0.485 e. The molecule has 0 aliphatic heterocycles. The van der Waals surface area contributed by atoms with Gasteiger partial charge in [0.2, 0.25) is 0 Å². The molecule has 32 heavy (non-hydrogen) atoms. The van der Waals surface area contributed by atoms with E-state index >= 15 is 0 Å². The highest BCUT2D eigenvalue weighted by Crippen LogP contribution is 2.26. The van der Waals surface area contributed by atoms with Gasteiger partial charge in [0.05, 0.1) is 11.4 Å². The van der Waals surface area contributed by atoms with Crippen molar-refractivity contribution in [3.8, 4) is 11.5 Å². The highest BCUT2D eigenvalue weighted by molar-refractivity contribution is 6.30. The third-order valence-electron chi connectivity index (χ3n) is 4.49. The Morgan fingerprint density at radius 1 is 1.09 bits per heavy atom. The minimum absolute atomic E-state index is 0.0452. The third kappa shape index (κ3) is 5.09. The second-order valence-electron chi connectivity index (χ2n) is 7.16. The Morgan fingerprint density at radius 3 is 2.66 bits per heavy atom. The van der Waals surface area contributed by atoms with Crippen LogP contribution in [0.5, 0.6) is 11.5 Å². The molecule has 4 rings (SSSR count). The van der Waals surface area contributed by atoms with Crippen LogP contribution in [0.3, 0.4) is 0 Å². The van der Waals surface area contributed by atoms with E-state index in [1.807, 2.05) is 13.0 Å². The molecule has 2 aromatic carbocycles. The lowest BCUT2D eigenvalue weighted by Crippen LogP contribution is -2.20. The van der Waals surface area contributed by atoms with E-state index in [0.717, 1.165) is 10.1 Å². The number of hydrogen-bond donors (Lipinski definition) is 1. The summed E-state index contributed by atoms with van der Waals surface area (Å²) in [7, 11) is 0. The Kier molecular flexibility index (Phi) is 6.13. The van der Waals surface area contributed by atoms with Gasteiger partial charge in [0.25, 0.3) is 11.5 Å². The van der Waals surface area contributed by atoms with Crippen molar-refractivity contribution in [3.05, 3.63) is 87.0 Å². The molecule has 0 saturated carbocycles. The minimum Gasteiger partial charge on any atom is -0.485 e. The van der Waals surface area contributed by atoms with Crippen LogP contribution >= 0.6 is 11.6 Å². The molecule has 0 spiro atoms. The van der Waals surface area contributed by atoms with Crippen LogP contribution in [-0.2, 0) is 11.4 Å². The van der Waals surface area contributed by atoms with Crippen molar-refractivity contribution >= 4 is 28.8 Å². The highest BCUT2D eigenvalue weighted by atomic mass is 35.5. The first-order valence-corrected chi connectivity index (χ1v) is 10.2. The molecule has 0 atom stereocenters. The molecular weight excluding hydrogens is 434 g/mol. The highest BCUT2D eigenvalue weighted by Gasteiger charge is 2.12. The summed E-state index contributed by atoms with van der Waals surface area (Å²) >= 11 is 5.85. The fourth-order valence-corrected chi connectivity index (χ4v) is 3.14. The van der Waals surface area contributed by atoms with E-state index in [1.165, 1.54) is 6.07 Å². The zero-order valence-corrected chi connectivity index (χ0v) is 18.2. The predicted molar refractivity (Wildman–Crippen MR) is 120 cm³/mol. The molecule has 1 amide bonds. The maximum Gasteiger partial charge on any atom is 0.287 e. The van der Waals surface area contributed by atoms with E-state index in [-0.39, 0.29) is 24.7 Å². The summed E-state index contributed by atoms with van der Waals surface area (Å²) < 4.78 is 17.8. The number of fused-ring (bicyclic) bond motifs is 1. The van der Waals surface area contributed by atoms with Gasteiger partial charge in [0, 0.05) is 17.2 Å². The summed E-state index contributed by atoms with van der Waals surface area (Å²) in [4.78, 5) is 28.9. The molecule has 1 N–H and O–H groups in total. The molecule has 164 valence electrons. The molecule has 9 heteroatoms. The number of amides is 1. The van der Waals surface area contributed by atoms with Crippen LogP contribution in [0, 0.1) is 13.8 Å². The van der Waals surface area contributed by atoms with Crippen LogP contribution in [0.15, 0.2) is 63.9 Å². The van der Waals surface area contributed by atoms with E-state index in [1.54, 1.807) is 49.4 Å². The van der Waals surface area contributed by atoms with Crippen molar-refractivity contribution in [2.75, 3.05) is 11.9 Å². The van der Waals surface area contributed by atoms with Gasteiger partial charge in [0.1, 0.15) is 23.9 Å². The zero-order chi connectivity index (χ0) is 22.7. The Hall–Kier alpha value is -3.78. The average Bonchev–Trinajstić information content (AvgIpc) is 3.14. The summed E-state index contributed by atoms with van der Waals surface area (Å²) in [5, 5.41) is 3.37. The maximum atomic E-state index is 12.4. The van der Waals surface area contributed by atoms with E-state index in [9.17, 15) is 9.59 Å². The normalized spacial score (nSPS) is 10.8. The smallest absolute Gasteiger partial charge is 0.287 e. The number of rotatable bonds is 7. The number of aryl methyl sites for hydroxylation is 2. The molecular formula is C23H20ClN3O5. The van der Waals surface area contributed by atoms with Gasteiger partial charge >= 0.3 is 0 Å². The molecule has 4 aromatic rings. The van der Waals surface area contributed by atoms with Crippen molar-refractivity contribution < 1.29 is 18.8 Å². The van der Waals surface area contributed by atoms with Crippen LogP contribution in [0.25, 0.3) is 5.65 Å². The second-order valence-corrected chi connectivity index (χ2v) is 7.60. The number of anilines is 1. The summed E-state index contributed by atoms with van der Waals surface area (Å²) in [6, 6.07) is 15.2. The number of aromatic nitrogens is 2. The first kappa shape index (κ1) is 21.5. The molecule has 0 unspecified atom stereocenters. The zero-order valence-electron chi connectivity index (χ0n) is 17.4. The lowest BCUT2D eigenvalue weighted by Gasteiger charge is -2.14. The van der Waals surface area contributed by atoms with E-state index in [2.05, 4.69) is 10.3 Å². The van der Waals surface area contributed by atoms with E-state index < -0.39 is 0 Å². The topological polar surface area (TPSA) is 95.1 Å². The number of carbonyl (C=O) groups is 1. The first-order chi connectivity index (χ1) is 15.4. The number of benzene rings is 2. The number of nitrogens with one attached hydrogen (secondary N) is 1. The molecule has 2 heterocycles. The molecule has 0 aliphatic carbocycles. The number of halogens is 1. The lowest BCUT2D eigenvalue weighted by molar-refractivity contribution is -0.118. The van der Waals surface area contributed by atoms with E-state index in [0.29, 0.717) is 39.3 Å². The fourth-order valence-electron chi connectivity index (χ4n) is 3.02. The van der Waals surface area contributed by atoms with Gasteiger partial charge in [-0.25, -0.2) is 4.98 Å². The summed E-state index contributed by atoms with van der Waals surface area (Å²) in [6.45, 7) is 3.52. The molecule has 0 radical (unpaired) electrons. The summed E-state index contributed by atoms with van der Waals surface area (Å²) in [6.07, 6.45) is 0. The van der Waals surface area contributed by atoms with Gasteiger partial charge < -0.3 is 19.3 Å². The number of carbonyl (C=O) groups excluding carboxylic acids is 1. The van der Waals surface area contributed by atoms with Gasteiger partial charge in [0.15, 0.2) is 12.3 Å². The maximum absolute atomic E-state index is 12.4. The van der Waals surface area contributed by atoms with Crippen molar-refractivity contribution in [2.24, 2.45) is 0 Å². The Morgan fingerprint density at radius 2 is 1.88 bits per heavy atom. The quantitative estimate of drug-likeness (QED) is 0.451. The van der Waals surface area contributed by atoms with Gasteiger partial charge in [-0.05, 0) is 55.8 Å². The molecule has 0 aliphatic rings. The van der Waals surface area contributed by atoms with Crippen molar-refractivity contribution in [1.29, 1.82) is 0 Å². The number of ether oxygens (including phenoxy) is 2. The SMILES string of the molecule is Cc1ccc(NC(=O)COc2ccc(Cl)cc2)c(OCc2cc(=O)n3oc(C)cc3n2)c1. The fraction of sp³-hybridized carbons (Fsp3) is 0.174. The predicted octanol–water partition coefficient (Wildman–Crippen LogP) is 4.15. The minimum atomic E-state index is -0.347. The summed E-state index contributed by atoms with van der Waals surface area (Å²) in [5.41, 5.74) is 1.95. The van der Waals surface area contributed by atoms with Gasteiger partial charge in [-0.2, -0.15) is 0 Å². The molecule has 0 fully saturated rings. The van der Waals surface area contributed by atoms with Crippen molar-refractivity contribution in [1.82, 2.24) is 9.56 Å².